The van der Waals surface area contributed by atoms with Crippen LogP contribution in [0.5, 0.6) is 0 Å². The summed E-state index contributed by atoms with van der Waals surface area (Å²) in [5.74, 6) is 0. The Morgan fingerprint density at radius 2 is 0.818 bits per heavy atom. The van der Waals surface area contributed by atoms with E-state index in [1.54, 1.807) is 0 Å². The van der Waals surface area contributed by atoms with Crippen LogP contribution in [0.25, 0.3) is 0 Å². The molecule has 0 aromatic rings. The molecule has 0 saturated carbocycles. The molecule has 0 aromatic carbocycles. The van der Waals surface area contributed by atoms with Gasteiger partial charge in [-0.15, -0.1) is 0 Å². The van der Waals surface area contributed by atoms with Crippen molar-refractivity contribution >= 4 is 0 Å². The van der Waals surface area contributed by atoms with Gasteiger partial charge in [-0.2, -0.15) is 0 Å². The second kappa shape index (κ2) is 4.77. The molecule has 0 unspecified atom stereocenters. The van der Waals surface area contributed by atoms with E-state index < -0.39 is 0 Å². The molecule has 1 radical (unpaired) electrons. The summed E-state index contributed by atoms with van der Waals surface area (Å²) in [6.07, 6.45) is 4.54. The first-order valence-corrected chi connectivity index (χ1v) is 3.91. The van der Waals surface area contributed by atoms with Crippen LogP contribution in [-0.2, 0) is 32.7 Å². The Kier molecular flexibility index (Phi) is 6.23. The second-order valence-corrected chi connectivity index (χ2v) is 5.07. The van der Waals surface area contributed by atoms with Crippen LogP contribution in [0.4, 0.5) is 0 Å². The maximum Gasteiger partial charge on any atom is 0 e. The van der Waals surface area contributed by atoms with Crippen molar-refractivity contribution in [3.8, 4) is 0 Å². The summed E-state index contributed by atoms with van der Waals surface area (Å²) < 4.78 is 0. The van der Waals surface area contributed by atoms with Crippen LogP contribution in [0.3, 0.4) is 0 Å². The molecule has 0 aromatic heterocycles. The zero-order valence-electron chi connectivity index (χ0n) is 8.73. The van der Waals surface area contributed by atoms with Gasteiger partial charge < -0.3 is 0 Å². The SMILES string of the molecule is CC(C)(C)/C=C\C(C)(C)C.[Y]. The minimum atomic E-state index is 0. The van der Waals surface area contributed by atoms with Gasteiger partial charge in [0.15, 0.2) is 0 Å². The van der Waals surface area contributed by atoms with E-state index in [2.05, 4.69) is 53.7 Å². The van der Waals surface area contributed by atoms with E-state index in [1.807, 2.05) is 0 Å². The van der Waals surface area contributed by atoms with Crippen LogP contribution in [0.15, 0.2) is 12.2 Å². The fourth-order valence-corrected chi connectivity index (χ4v) is 0.500. The van der Waals surface area contributed by atoms with Gasteiger partial charge in [-0.1, -0.05) is 53.7 Å². The van der Waals surface area contributed by atoms with Crippen LogP contribution in [-0.4, -0.2) is 0 Å². The molecule has 0 heterocycles. The van der Waals surface area contributed by atoms with Gasteiger partial charge in [0.05, 0.1) is 0 Å². The van der Waals surface area contributed by atoms with Crippen molar-refractivity contribution in [1.82, 2.24) is 0 Å². The second-order valence-electron chi connectivity index (χ2n) is 5.07. The summed E-state index contributed by atoms with van der Waals surface area (Å²) in [5, 5.41) is 0. The number of hydrogen-bond donors (Lipinski definition) is 0. The fourth-order valence-electron chi connectivity index (χ4n) is 0.500. The predicted octanol–water partition coefficient (Wildman–Crippen LogP) is 3.63. The molecule has 0 fully saturated rings. The molecule has 0 amide bonds. The van der Waals surface area contributed by atoms with Crippen molar-refractivity contribution in [1.29, 1.82) is 0 Å². The average molecular weight is 229 g/mol. The first-order chi connectivity index (χ1) is 4.21. The predicted molar refractivity (Wildman–Crippen MR) is 48.1 cm³/mol. The Balaban J connectivity index is 0. The molecule has 0 aliphatic rings. The third-order valence-electron chi connectivity index (χ3n) is 1.08. The maximum atomic E-state index is 2.27. The van der Waals surface area contributed by atoms with Crippen LogP contribution >= 0.6 is 0 Å². The molecule has 1 heteroatoms. The van der Waals surface area contributed by atoms with E-state index in [9.17, 15) is 0 Å². The molecule has 0 spiro atoms. The molecule has 0 N–H and O–H groups in total. The summed E-state index contributed by atoms with van der Waals surface area (Å²) in [7, 11) is 0. The Labute approximate surface area is 96.7 Å². The third kappa shape index (κ3) is 13.8. The number of allylic oxidation sites excluding steroid dienone is 2. The first-order valence-electron chi connectivity index (χ1n) is 3.91. The van der Waals surface area contributed by atoms with Gasteiger partial charge in [-0.25, -0.2) is 0 Å². The summed E-state index contributed by atoms with van der Waals surface area (Å²) in [6, 6.07) is 0. The van der Waals surface area contributed by atoms with Crippen LogP contribution in [0, 0.1) is 10.8 Å². The third-order valence-corrected chi connectivity index (χ3v) is 1.08. The quantitative estimate of drug-likeness (QED) is 0.556. The minimum absolute atomic E-state index is 0. The van der Waals surface area contributed by atoms with Crippen molar-refractivity contribution in [2.45, 2.75) is 41.5 Å². The Morgan fingerprint density at radius 1 is 0.636 bits per heavy atom. The average Bonchev–Trinajstić information content (AvgIpc) is 1.57. The summed E-state index contributed by atoms with van der Waals surface area (Å²) in [4.78, 5) is 0. The smallest absolute Gasteiger partial charge is 0 e. The maximum absolute atomic E-state index is 2.27. The van der Waals surface area contributed by atoms with Crippen molar-refractivity contribution in [3.63, 3.8) is 0 Å². The van der Waals surface area contributed by atoms with Crippen LogP contribution < -0.4 is 0 Å². The van der Waals surface area contributed by atoms with Gasteiger partial charge in [0.2, 0.25) is 0 Å². The molecule has 0 nitrogen and oxygen atoms in total. The van der Waals surface area contributed by atoms with Gasteiger partial charge in [-0.3, -0.25) is 0 Å². The topological polar surface area (TPSA) is 0 Å². The molecule has 0 rings (SSSR count). The zero-order chi connectivity index (χ0) is 8.41. The van der Waals surface area contributed by atoms with Crippen LogP contribution in [0.1, 0.15) is 41.5 Å². The van der Waals surface area contributed by atoms with E-state index in [1.165, 1.54) is 0 Å². The van der Waals surface area contributed by atoms with Crippen molar-refractivity contribution in [2.75, 3.05) is 0 Å². The number of hydrogen-bond acceptors (Lipinski definition) is 0. The first kappa shape index (κ1) is 14.4. The molecule has 0 saturated heterocycles. The Hall–Kier alpha value is 0.844. The van der Waals surface area contributed by atoms with Gasteiger partial charge in [0.25, 0.3) is 0 Å². The van der Waals surface area contributed by atoms with Crippen molar-refractivity contribution in [3.05, 3.63) is 12.2 Å². The summed E-state index contributed by atoms with van der Waals surface area (Å²) in [6.45, 7) is 13.3. The molecule has 0 atom stereocenters. The molecule has 0 aliphatic carbocycles. The van der Waals surface area contributed by atoms with E-state index in [0.717, 1.165) is 0 Å². The van der Waals surface area contributed by atoms with E-state index in [-0.39, 0.29) is 32.7 Å². The Morgan fingerprint density at radius 3 is 0.909 bits per heavy atom. The molecule has 11 heavy (non-hydrogen) atoms. The van der Waals surface area contributed by atoms with Gasteiger partial charge in [0, 0.05) is 32.7 Å². The van der Waals surface area contributed by atoms with Crippen molar-refractivity contribution < 1.29 is 32.7 Å². The minimum Gasteiger partial charge on any atom is -0.0826 e. The summed E-state index contributed by atoms with van der Waals surface area (Å²) >= 11 is 0. The molecule has 0 bridgehead atoms. The zero-order valence-corrected chi connectivity index (χ0v) is 11.6. The summed E-state index contributed by atoms with van der Waals surface area (Å²) in [5.41, 5.74) is 0.653. The normalized spacial score (nSPS) is 13.3. The van der Waals surface area contributed by atoms with Gasteiger partial charge >= 0.3 is 0 Å². The van der Waals surface area contributed by atoms with Gasteiger partial charge in [-0.05, 0) is 10.8 Å². The molecule has 63 valence electrons. The standard InChI is InChI=1S/C10H20.Y/c1-9(2,3)7-8-10(4,5)6;/h7-8H,1-6H3;/b8-7-;. The van der Waals surface area contributed by atoms with Crippen LogP contribution in [0.2, 0.25) is 0 Å². The Bertz CT molecular complexity index is 105. The largest absolute Gasteiger partial charge is 0.0826 e. The molecular formula is C10H20Y. The van der Waals surface area contributed by atoms with E-state index in [0.29, 0.717) is 10.8 Å². The molecular weight excluding hydrogens is 209 g/mol. The molecule has 0 aliphatic heterocycles. The van der Waals surface area contributed by atoms with Gasteiger partial charge in [0.1, 0.15) is 0 Å². The van der Waals surface area contributed by atoms with E-state index >= 15 is 0 Å². The fraction of sp³-hybridized carbons (Fsp3) is 0.800. The van der Waals surface area contributed by atoms with E-state index in [4.69, 9.17) is 0 Å². The van der Waals surface area contributed by atoms with Crippen molar-refractivity contribution in [2.24, 2.45) is 10.8 Å². The monoisotopic (exact) mass is 229 g/mol. The number of rotatable bonds is 0.